The predicted molar refractivity (Wildman–Crippen MR) is 199 cm³/mol. The highest BCUT2D eigenvalue weighted by Gasteiger charge is 2.52. The van der Waals surface area contributed by atoms with Gasteiger partial charge in [0.05, 0.1) is 13.1 Å². The number of anilines is 3. The molecule has 2 N–H and O–H groups in total. The lowest BCUT2D eigenvalue weighted by molar-refractivity contribution is -0.121. The number of rotatable bonds is 9. The van der Waals surface area contributed by atoms with Gasteiger partial charge in [-0.15, -0.1) is 0 Å². The second-order valence-corrected chi connectivity index (χ2v) is 15.9. The molecule has 0 aliphatic carbocycles. The molecule has 55 heavy (non-hydrogen) atoms. The van der Waals surface area contributed by atoms with Crippen LogP contribution in [0.3, 0.4) is 0 Å². The molecule has 3 aromatic rings. The van der Waals surface area contributed by atoms with Crippen LogP contribution in [0.4, 0.5) is 44.2 Å². The lowest BCUT2D eigenvalue weighted by Gasteiger charge is -2.27. The summed E-state index contributed by atoms with van der Waals surface area (Å²) in [5, 5.41) is 5.30. The summed E-state index contributed by atoms with van der Waals surface area (Å²) in [6, 6.07) is 20.6. The van der Waals surface area contributed by atoms with Crippen LogP contribution in [-0.4, -0.2) is 82.0 Å². The SMILES string of the molecule is CC(C)(C)OC(=O)N1CC(F)(F)C[C@H]1C(=O)Nc1ccc(CN(Cc2ccc(NC(=O)[C@@H]3CC(F)(F)CN3C(=O)OC(C)(C)C)cc2)c2ccccc2)cc1. The van der Waals surface area contributed by atoms with Gasteiger partial charge in [0, 0.05) is 43.0 Å². The molecule has 0 unspecified atom stereocenters. The molecule has 2 saturated heterocycles. The maximum absolute atomic E-state index is 14.3. The molecular formula is C40H47F4N5O6. The summed E-state index contributed by atoms with van der Waals surface area (Å²) in [5.74, 6) is -7.97. The first kappa shape index (κ1) is 40.8. The molecule has 2 atom stereocenters. The van der Waals surface area contributed by atoms with E-state index in [9.17, 15) is 36.7 Å². The van der Waals surface area contributed by atoms with Crippen LogP contribution >= 0.6 is 0 Å². The van der Waals surface area contributed by atoms with Gasteiger partial charge in [-0.05, 0) is 89.1 Å². The summed E-state index contributed by atoms with van der Waals surface area (Å²) in [4.78, 5) is 55.1. The van der Waals surface area contributed by atoms with Gasteiger partial charge in [0.1, 0.15) is 23.3 Å². The van der Waals surface area contributed by atoms with Crippen molar-refractivity contribution >= 4 is 41.1 Å². The Labute approximate surface area is 317 Å². The third kappa shape index (κ3) is 11.3. The smallest absolute Gasteiger partial charge is 0.411 e. The van der Waals surface area contributed by atoms with Gasteiger partial charge in [-0.1, -0.05) is 42.5 Å². The fourth-order valence-corrected chi connectivity index (χ4v) is 6.28. The highest BCUT2D eigenvalue weighted by molar-refractivity contribution is 5.98. The number of alkyl halides is 4. The second-order valence-electron chi connectivity index (χ2n) is 15.9. The number of nitrogens with zero attached hydrogens (tertiary/aromatic N) is 3. The van der Waals surface area contributed by atoms with E-state index in [-0.39, 0.29) is 0 Å². The maximum atomic E-state index is 14.3. The van der Waals surface area contributed by atoms with E-state index < -0.39 is 85.1 Å². The summed E-state index contributed by atoms with van der Waals surface area (Å²) in [7, 11) is 0. The van der Waals surface area contributed by atoms with E-state index in [1.807, 2.05) is 30.3 Å². The summed E-state index contributed by atoms with van der Waals surface area (Å²) in [5.41, 5.74) is 1.54. The fraction of sp³-hybridized carbons (Fsp3) is 0.450. The first-order valence-corrected chi connectivity index (χ1v) is 17.9. The van der Waals surface area contributed by atoms with Gasteiger partial charge in [0.2, 0.25) is 11.8 Å². The Kier molecular flexibility index (Phi) is 11.7. The Morgan fingerprint density at radius 1 is 0.636 bits per heavy atom. The number of halogens is 4. The first-order chi connectivity index (χ1) is 25.6. The average Bonchev–Trinajstić information content (AvgIpc) is 3.60. The molecular weight excluding hydrogens is 722 g/mol. The number of likely N-dealkylation sites (tertiary alicyclic amines) is 2. The minimum Gasteiger partial charge on any atom is -0.444 e. The molecule has 5 rings (SSSR count). The summed E-state index contributed by atoms with van der Waals surface area (Å²) < 4.78 is 67.9. The quantitative estimate of drug-likeness (QED) is 0.211. The molecule has 3 aromatic carbocycles. The molecule has 0 spiro atoms. The molecule has 2 heterocycles. The second kappa shape index (κ2) is 15.8. The number of nitrogens with one attached hydrogen (secondary N) is 2. The Hall–Kier alpha value is -5.34. The number of hydrogen-bond donors (Lipinski definition) is 2. The predicted octanol–water partition coefficient (Wildman–Crippen LogP) is 8.06. The van der Waals surface area contributed by atoms with Crippen LogP contribution in [0.15, 0.2) is 78.9 Å². The molecule has 0 bridgehead atoms. The third-order valence-corrected chi connectivity index (χ3v) is 8.71. The van der Waals surface area contributed by atoms with Crippen LogP contribution in [0.2, 0.25) is 0 Å². The normalized spacial score (nSPS) is 19.1. The lowest BCUT2D eigenvalue weighted by atomic mass is 10.1. The van der Waals surface area contributed by atoms with Gasteiger partial charge < -0.3 is 25.0 Å². The van der Waals surface area contributed by atoms with Crippen LogP contribution in [0.25, 0.3) is 0 Å². The number of carbonyl (C=O) groups excluding carboxylic acids is 4. The Morgan fingerprint density at radius 3 is 1.35 bits per heavy atom. The largest absolute Gasteiger partial charge is 0.444 e. The van der Waals surface area contributed by atoms with Crippen molar-refractivity contribution in [3.05, 3.63) is 90.0 Å². The van der Waals surface area contributed by atoms with Crippen molar-refractivity contribution in [2.24, 2.45) is 0 Å². The molecule has 2 fully saturated rings. The van der Waals surface area contributed by atoms with Crippen LogP contribution in [0.1, 0.15) is 65.5 Å². The van der Waals surface area contributed by atoms with Crippen molar-refractivity contribution in [1.82, 2.24) is 9.80 Å². The topological polar surface area (TPSA) is 121 Å². The minimum atomic E-state index is -3.24. The van der Waals surface area contributed by atoms with E-state index in [0.29, 0.717) is 24.5 Å². The highest BCUT2D eigenvalue weighted by atomic mass is 19.3. The Morgan fingerprint density at radius 2 is 1.00 bits per heavy atom. The number of ether oxygens (including phenoxy) is 2. The minimum absolute atomic E-state index is 0.368. The summed E-state index contributed by atoms with van der Waals surface area (Å²) in [6.07, 6.45) is -3.60. The van der Waals surface area contributed by atoms with Crippen LogP contribution in [-0.2, 0) is 32.2 Å². The van der Waals surface area contributed by atoms with E-state index in [1.165, 1.54) is 0 Å². The summed E-state index contributed by atoms with van der Waals surface area (Å²) in [6.45, 7) is 8.73. The van der Waals surface area contributed by atoms with E-state index in [1.54, 1.807) is 90.1 Å². The number of para-hydroxylation sites is 1. The highest BCUT2D eigenvalue weighted by Crippen LogP contribution is 2.35. The monoisotopic (exact) mass is 769 g/mol. The van der Waals surface area contributed by atoms with Crippen molar-refractivity contribution < 1.29 is 46.2 Å². The zero-order chi connectivity index (χ0) is 40.3. The molecule has 15 heteroatoms. The molecule has 0 aromatic heterocycles. The van der Waals surface area contributed by atoms with Crippen molar-refractivity contribution in [2.75, 3.05) is 28.6 Å². The van der Waals surface area contributed by atoms with Gasteiger partial charge in [-0.2, -0.15) is 0 Å². The molecule has 2 aliphatic rings. The van der Waals surface area contributed by atoms with Crippen molar-refractivity contribution in [2.45, 2.75) is 103 Å². The van der Waals surface area contributed by atoms with Gasteiger partial charge >= 0.3 is 12.2 Å². The molecule has 2 aliphatic heterocycles. The zero-order valence-electron chi connectivity index (χ0n) is 31.7. The van der Waals surface area contributed by atoms with Gasteiger partial charge in [-0.3, -0.25) is 19.4 Å². The molecule has 0 radical (unpaired) electrons. The zero-order valence-corrected chi connectivity index (χ0v) is 31.7. The number of hydrogen-bond acceptors (Lipinski definition) is 7. The fourth-order valence-electron chi connectivity index (χ4n) is 6.28. The molecule has 11 nitrogen and oxygen atoms in total. The summed E-state index contributed by atoms with van der Waals surface area (Å²) >= 11 is 0. The molecule has 4 amide bonds. The van der Waals surface area contributed by atoms with E-state index in [0.717, 1.165) is 26.6 Å². The average molecular weight is 770 g/mol. The Bertz CT molecular complexity index is 1730. The van der Waals surface area contributed by atoms with E-state index >= 15 is 0 Å². The van der Waals surface area contributed by atoms with Crippen LogP contribution in [0, 0.1) is 0 Å². The maximum Gasteiger partial charge on any atom is 0.411 e. The molecule has 296 valence electrons. The molecule has 0 saturated carbocycles. The number of amides is 4. The van der Waals surface area contributed by atoms with E-state index in [4.69, 9.17) is 9.47 Å². The van der Waals surface area contributed by atoms with Crippen LogP contribution in [0.5, 0.6) is 0 Å². The first-order valence-electron chi connectivity index (χ1n) is 17.9. The van der Waals surface area contributed by atoms with E-state index in [2.05, 4.69) is 15.5 Å². The van der Waals surface area contributed by atoms with Crippen molar-refractivity contribution in [3.63, 3.8) is 0 Å². The third-order valence-electron chi connectivity index (χ3n) is 8.71. The number of benzene rings is 3. The van der Waals surface area contributed by atoms with Crippen LogP contribution < -0.4 is 15.5 Å². The Balaban J connectivity index is 1.23. The van der Waals surface area contributed by atoms with Crippen molar-refractivity contribution in [1.29, 1.82) is 0 Å². The van der Waals surface area contributed by atoms with Gasteiger partial charge in [-0.25, -0.2) is 27.2 Å². The lowest BCUT2D eigenvalue weighted by Crippen LogP contribution is -2.45. The van der Waals surface area contributed by atoms with Gasteiger partial charge in [0.15, 0.2) is 0 Å². The number of carbonyl (C=O) groups is 4. The van der Waals surface area contributed by atoms with Gasteiger partial charge in [0.25, 0.3) is 11.8 Å². The van der Waals surface area contributed by atoms with Crippen molar-refractivity contribution in [3.8, 4) is 0 Å². The standard InChI is InChI=1S/C40H47F4N5O6/c1-37(2,3)54-35(52)48-24-39(41,42)20-31(48)33(50)45-28-16-12-26(13-17-28)22-47(30-10-8-7-9-11-30)23-27-14-18-29(19-15-27)46-34(51)32-21-40(43,44)25-49(32)36(53)55-38(4,5)6/h7-19,31-32H,20-25H2,1-6H3,(H,45,50)(H,46,51)/t31-,32-/m0/s1.